The Bertz CT molecular complexity index is 481. The van der Waals surface area contributed by atoms with E-state index >= 15 is 0 Å². The van der Waals surface area contributed by atoms with E-state index in [1.54, 1.807) is 39.5 Å². The molecule has 0 unspecified atom stereocenters. The van der Waals surface area contributed by atoms with Crippen LogP contribution in [0.3, 0.4) is 0 Å². The third-order valence-corrected chi connectivity index (χ3v) is 4.04. The van der Waals surface area contributed by atoms with Crippen molar-refractivity contribution in [3.8, 4) is 11.5 Å². The third kappa shape index (κ3) is 3.88. The highest BCUT2D eigenvalue weighted by Gasteiger charge is 2.26. The van der Waals surface area contributed by atoms with Gasteiger partial charge in [-0.3, -0.25) is 4.79 Å². The van der Waals surface area contributed by atoms with Crippen LogP contribution in [0.4, 0.5) is 5.69 Å². The summed E-state index contributed by atoms with van der Waals surface area (Å²) in [6.45, 7) is 0. The van der Waals surface area contributed by atoms with Gasteiger partial charge in [0.15, 0.2) is 0 Å². The Labute approximate surface area is 125 Å². The second-order valence-electron chi connectivity index (χ2n) is 5.26. The number of nitrogens with one attached hydrogen (secondary N) is 1. The molecule has 0 radical (unpaired) electrons. The lowest BCUT2D eigenvalue weighted by Crippen LogP contribution is -2.29. The fourth-order valence-corrected chi connectivity index (χ4v) is 2.70. The van der Waals surface area contributed by atoms with Crippen molar-refractivity contribution in [3.05, 3.63) is 18.2 Å². The molecule has 1 saturated carbocycles. The smallest absolute Gasteiger partial charge is 0.227 e. The molecular weight excluding hydrogens is 270 g/mol. The van der Waals surface area contributed by atoms with E-state index in [4.69, 9.17) is 14.2 Å². The van der Waals surface area contributed by atoms with E-state index in [0.29, 0.717) is 23.3 Å². The summed E-state index contributed by atoms with van der Waals surface area (Å²) in [6, 6.07) is 5.37. The van der Waals surface area contributed by atoms with Crippen LogP contribution in [-0.4, -0.2) is 33.3 Å². The lowest BCUT2D eigenvalue weighted by Gasteiger charge is -2.26. The zero-order valence-corrected chi connectivity index (χ0v) is 12.8. The molecule has 1 aliphatic carbocycles. The fourth-order valence-electron chi connectivity index (χ4n) is 2.70. The van der Waals surface area contributed by atoms with Gasteiger partial charge in [-0.05, 0) is 37.8 Å². The molecular formula is C16H23NO4. The van der Waals surface area contributed by atoms with E-state index in [2.05, 4.69) is 5.32 Å². The number of hydrogen-bond donors (Lipinski definition) is 1. The van der Waals surface area contributed by atoms with Crippen molar-refractivity contribution in [2.75, 3.05) is 26.6 Å². The van der Waals surface area contributed by atoms with Crippen LogP contribution in [0, 0.1) is 5.92 Å². The van der Waals surface area contributed by atoms with Gasteiger partial charge in [-0.2, -0.15) is 0 Å². The molecule has 2 rings (SSSR count). The van der Waals surface area contributed by atoms with Gasteiger partial charge in [-0.15, -0.1) is 0 Å². The fraction of sp³-hybridized carbons (Fsp3) is 0.562. The van der Waals surface area contributed by atoms with Crippen molar-refractivity contribution < 1.29 is 19.0 Å². The molecule has 116 valence electrons. The minimum absolute atomic E-state index is 0.0446. The maximum atomic E-state index is 12.3. The van der Waals surface area contributed by atoms with E-state index in [0.717, 1.165) is 25.7 Å². The van der Waals surface area contributed by atoms with Crippen molar-refractivity contribution in [2.24, 2.45) is 5.92 Å². The number of hydrogen-bond acceptors (Lipinski definition) is 4. The van der Waals surface area contributed by atoms with Gasteiger partial charge in [0.25, 0.3) is 0 Å². The first kappa shape index (κ1) is 15.6. The number of ether oxygens (including phenoxy) is 3. The van der Waals surface area contributed by atoms with Gasteiger partial charge in [-0.25, -0.2) is 0 Å². The Kier molecular flexibility index (Phi) is 5.44. The number of amides is 1. The summed E-state index contributed by atoms with van der Waals surface area (Å²) in [5.41, 5.74) is 0.678. The quantitative estimate of drug-likeness (QED) is 0.907. The van der Waals surface area contributed by atoms with Gasteiger partial charge in [0.05, 0.1) is 26.0 Å². The van der Waals surface area contributed by atoms with E-state index in [1.807, 2.05) is 0 Å². The summed E-state index contributed by atoms with van der Waals surface area (Å²) in [6.07, 6.45) is 3.90. The summed E-state index contributed by atoms with van der Waals surface area (Å²) in [4.78, 5) is 12.3. The van der Waals surface area contributed by atoms with Crippen molar-refractivity contribution in [3.63, 3.8) is 0 Å². The molecule has 0 atom stereocenters. The molecule has 1 fully saturated rings. The minimum atomic E-state index is 0.0446. The van der Waals surface area contributed by atoms with E-state index < -0.39 is 0 Å². The molecule has 0 aliphatic heterocycles. The number of carbonyl (C=O) groups is 1. The van der Waals surface area contributed by atoms with Crippen LogP contribution in [-0.2, 0) is 9.53 Å². The first-order valence-electron chi connectivity index (χ1n) is 7.23. The Morgan fingerprint density at radius 2 is 1.81 bits per heavy atom. The SMILES string of the molecule is COc1ccc(NC(=O)C2CCC(OC)CC2)c(OC)c1. The topological polar surface area (TPSA) is 56.8 Å². The van der Waals surface area contributed by atoms with Gasteiger partial charge >= 0.3 is 0 Å². The van der Waals surface area contributed by atoms with Crippen LogP contribution < -0.4 is 14.8 Å². The van der Waals surface area contributed by atoms with Gasteiger partial charge in [0.2, 0.25) is 5.91 Å². The largest absolute Gasteiger partial charge is 0.497 e. The number of carbonyl (C=O) groups excluding carboxylic acids is 1. The first-order chi connectivity index (χ1) is 10.2. The third-order valence-electron chi connectivity index (χ3n) is 4.04. The van der Waals surface area contributed by atoms with E-state index in [-0.39, 0.29) is 11.8 Å². The highest BCUT2D eigenvalue weighted by atomic mass is 16.5. The Balaban J connectivity index is 1.99. The average molecular weight is 293 g/mol. The van der Waals surface area contributed by atoms with Gasteiger partial charge in [-0.1, -0.05) is 0 Å². The summed E-state index contributed by atoms with van der Waals surface area (Å²) in [5, 5.41) is 2.96. The number of methoxy groups -OCH3 is 3. The lowest BCUT2D eigenvalue weighted by molar-refractivity contribution is -0.121. The molecule has 0 heterocycles. The molecule has 21 heavy (non-hydrogen) atoms. The van der Waals surface area contributed by atoms with E-state index in [9.17, 15) is 4.79 Å². The zero-order chi connectivity index (χ0) is 15.2. The maximum Gasteiger partial charge on any atom is 0.227 e. The maximum absolute atomic E-state index is 12.3. The molecule has 1 N–H and O–H groups in total. The average Bonchev–Trinajstić information content (AvgIpc) is 2.55. The molecule has 1 amide bonds. The highest BCUT2D eigenvalue weighted by molar-refractivity contribution is 5.94. The first-order valence-corrected chi connectivity index (χ1v) is 7.23. The molecule has 1 aromatic carbocycles. The van der Waals surface area contributed by atoms with Crippen LogP contribution >= 0.6 is 0 Å². The normalized spacial score (nSPS) is 21.7. The van der Waals surface area contributed by atoms with Crippen LogP contribution in [0.25, 0.3) is 0 Å². The predicted octanol–water partition coefficient (Wildman–Crippen LogP) is 2.85. The summed E-state index contributed by atoms with van der Waals surface area (Å²) in [7, 11) is 4.91. The van der Waals surface area contributed by atoms with Gasteiger partial charge in [0.1, 0.15) is 11.5 Å². The van der Waals surface area contributed by atoms with Crippen molar-refractivity contribution in [1.82, 2.24) is 0 Å². The monoisotopic (exact) mass is 293 g/mol. The number of benzene rings is 1. The van der Waals surface area contributed by atoms with Crippen molar-refractivity contribution in [1.29, 1.82) is 0 Å². The molecule has 1 aromatic rings. The predicted molar refractivity (Wildman–Crippen MR) is 80.9 cm³/mol. The van der Waals surface area contributed by atoms with Gasteiger partial charge in [0, 0.05) is 19.1 Å². The van der Waals surface area contributed by atoms with E-state index in [1.165, 1.54) is 0 Å². The van der Waals surface area contributed by atoms with Crippen LogP contribution in [0.15, 0.2) is 18.2 Å². The van der Waals surface area contributed by atoms with Crippen LogP contribution in [0.2, 0.25) is 0 Å². The van der Waals surface area contributed by atoms with Crippen molar-refractivity contribution >= 4 is 11.6 Å². The van der Waals surface area contributed by atoms with Crippen molar-refractivity contribution in [2.45, 2.75) is 31.8 Å². The molecule has 0 spiro atoms. The molecule has 5 heteroatoms. The Morgan fingerprint density at radius 3 is 2.38 bits per heavy atom. The summed E-state index contributed by atoms with van der Waals surface area (Å²) < 4.78 is 15.8. The molecule has 0 bridgehead atoms. The van der Waals surface area contributed by atoms with Crippen LogP contribution in [0.5, 0.6) is 11.5 Å². The molecule has 0 saturated heterocycles. The number of anilines is 1. The summed E-state index contributed by atoms with van der Waals surface area (Å²) >= 11 is 0. The second kappa shape index (κ2) is 7.31. The van der Waals surface area contributed by atoms with Crippen LogP contribution in [0.1, 0.15) is 25.7 Å². The molecule has 0 aromatic heterocycles. The Morgan fingerprint density at radius 1 is 1.10 bits per heavy atom. The molecule has 5 nitrogen and oxygen atoms in total. The Hall–Kier alpha value is -1.75. The summed E-state index contributed by atoms with van der Waals surface area (Å²) in [5.74, 6) is 1.40. The zero-order valence-electron chi connectivity index (χ0n) is 12.8. The van der Waals surface area contributed by atoms with Gasteiger partial charge < -0.3 is 19.5 Å². The molecule has 1 aliphatic rings. The highest BCUT2D eigenvalue weighted by Crippen LogP contribution is 2.31. The lowest BCUT2D eigenvalue weighted by atomic mass is 9.87. The minimum Gasteiger partial charge on any atom is -0.497 e. The standard InChI is InChI=1S/C16H23NO4/c1-19-12-6-4-11(5-7-12)16(18)17-14-9-8-13(20-2)10-15(14)21-3/h8-12H,4-7H2,1-3H3,(H,17,18). The second-order valence-corrected chi connectivity index (χ2v) is 5.26. The number of rotatable bonds is 5.